The summed E-state index contributed by atoms with van der Waals surface area (Å²) in [6.07, 6.45) is 0.649. The second kappa shape index (κ2) is 3.92. The molecule has 1 saturated heterocycles. The molecule has 92 valence electrons. The average molecular weight is 235 g/mol. The number of carbonyl (C=O) groups excluding carboxylic acids is 1. The molecule has 0 radical (unpaired) electrons. The summed E-state index contributed by atoms with van der Waals surface area (Å²) < 4.78 is 0. The van der Waals surface area contributed by atoms with Crippen LogP contribution in [-0.2, 0) is 0 Å². The molecule has 1 aliphatic rings. The van der Waals surface area contributed by atoms with E-state index in [1.54, 1.807) is 23.1 Å². The van der Waals surface area contributed by atoms with E-state index in [1.165, 1.54) is 0 Å². The van der Waals surface area contributed by atoms with Crippen molar-refractivity contribution in [2.75, 3.05) is 24.6 Å². The minimum Gasteiger partial charge on any atom is -0.399 e. The van der Waals surface area contributed by atoms with E-state index in [0.29, 0.717) is 36.4 Å². The van der Waals surface area contributed by atoms with Crippen LogP contribution in [0.2, 0.25) is 0 Å². The summed E-state index contributed by atoms with van der Waals surface area (Å²) in [6.45, 7) is 2.65. The number of aliphatic hydroxyl groups is 1. The summed E-state index contributed by atoms with van der Waals surface area (Å²) >= 11 is 0. The predicted octanol–water partition coefficient (Wildman–Crippen LogP) is 0.448. The molecular weight excluding hydrogens is 218 g/mol. The van der Waals surface area contributed by atoms with Gasteiger partial charge in [0.05, 0.1) is 18.7 Å². The molecule has 1 aromatic carbocycles. The quantitative estimate of drug-likeness (QED) is 0.649. The maximum atomic E-state index is 12.0. The van der Waals surface area contributed by atoms with Gasteiger partial charge in [-0.1, -0.05) is 6.92 Å². The monoisotopic (exact) mass is 235 g/mol. The number of anilines is 2. The third kappa shape index (κ3) is 2.19. The van der Waals surface area contributed by atoms with E-state index in [1.807, 2.05) is 6.92 Å². The van der Waals surface area contributed by atoms with Crippen LogP contribution in [-0.4, -0.2) is 34.6 Å². The molecule has 0 atom stereocenters. The first-order valence-corrected chi connectivity index (χ1v) is 5.61. The molecule has 0 spiro atoms. The van der Waals surface area contributed by atoms with Crippen molar-refractivity contribution in [3.8, 4) is 0 Å². The summed E-state index contributed by atoms with van der Waals surface area (Å²) in [5.74, 6) is -0.137. The van der Waals surface area contributed by atoms with E-state index in [9.17, 15) is 9.90 Å². The lowest BCUT2D eigenvalue weighted by Gasteiger charge is -2.46. The Morgan fingerprint density at radius 1 is 1.35 bits per heavy atom. The van der Waals surface area contributed by atoms with Crippen molar-refractivity contribution in [1.82, 2.24) is 4.90 Å². The van der Waals surface area contributed by atoms with Crippen LogP contribution in [0.25, 0.3) is 0 Å². The molecule has 0 aliphatic carbocycles. The number of nitrogens with two attached hydrogens (primary N) is 2. The van der Waals surface area contributed by atoms with E-state index in [0.717, 1.165) is 0 Å². The van der Waals surface area contributed by atoms with Crippen LogP contribution in [0, 0.1) is 0 Å². The highest BCUT2D eigenvalue weighted by molar-refractivity contribution is 5.96. The van der Waals surface area contributed by atoms with Crippen LogP contribution in [0.3, 0.4) is 0 Å². The number of hydrogen-bond donors (Lipinski definition) is 3. The Balaban J connectivity index is 2.11. The molecule has 0 bridgehead atoms. The van der Waals surface area contributed by atoms with E-state index in [2.05, 4.69) is 0 Å². The molecule has 5 heteroatoms. The van der Waals surface area contributed by atoms with Crippen LogP contribution in [0.5, 0.6) is 0 Å². The molecule has 0 aromatic heterocycles. The lowest BCUT2D eigenvalue weighted by molar-refractivity contribution is -0.0826. The molecule has 1 aliphatic heterocycles. The molecule has 5 N–H and O–H groups in total. The maximum Gasteiger partial charge on any atom is 0.254 e. The van der Waals surface area contributed by atoms with Gasteiger partial charge >= 0.3 is 0 Å². The smallest absolute Gasteiger partial charge is 0.254 e. The van der Waals surface area contributed by atoms with E-state index < -0.39 is 5.60 Å². The van der Waals surface area contributed by atoms with E-state index in [-0.39, 0.29) is 5.91 Å². The zero-order chi connectivity index (χ0) is 12.6. The van der Waals surface area contributed by atoms with Crippen LogP contribution < -0.4 is 11.5 Å². The zero-order valence-corrected chi connectivity index (χ0v) is 9.81. The van der Waals surface area contributed by atoms with Crippen molar-refractivity contribution in [1.29, 1.82) is 0 Å². The van der Waals surface area contributed by atoms with Gasteiger partial charge in [0.1, 0.15) is 0 Å². The Bertz CT molecular complexity index is 433. The highest BCUT2D eigenvalue weighted by atomic mass is 16.3. The number of carbonyl (C=O) groups is 1. The maximum absolute atomic E-state index is 12.0. The number of rotatable bonds is 2. The number of nitrogen functional groups attached to an aromatic ring is 2. The van der Waals surface area contributed by atoms with Crippen LogP contribution in [0.1, 0.15) is 23.7 Å². The lowest BCUT2D eigenvalue weighted by atomic mass is 9.90. The second-order valence-electron chi connectivity index (χ2n) is 4.63. The SMILES string of the molecule is CCC1(O)CN(C(=O)c2cc(N)cc(N)c2)C1. The summed E-state index contributed by atoms with van der Waals surface area (Å²) in [5, 5.41) is 9.85. The average Bonchev–Trinajstić information content (AvgIpc) is 2.22. The molecule has 1 amide bonds. The third-order valence-electron chi connectivity index (χ3n) is 3.14. The standard InChI is InChI=1S/C12H17N3O2/c1-2-12(17)6-15(7-12)11(16)8-3-9(13)5-10(14)4-8/h3-5,17H,2,6-7,13-14H2,1H3. The van der Waals surface area contributed by atoms with Crippen molar-refractivity contribution in [3.05, 3.63) is 23.8 Å². The predicted molar refractivity (Wildman–Crippen MR) is 66.4 cm³/mol. The van der Waals surface area contributed by atoms with Crippen LogP contribution in [0.15, 0.2) is 18.2 Å². The van der Waals surface area contributed by atoms with Gasteiger partial charge in [-0.3, -0.25) is 4.79 Å². The minimum absolute atomic E-state index is 0.137. The lowest BCUT2D eigenvalue weighted by Crippen LogP contribution is -2.63. The third-order valence-corrected chi connectivity index (χ3v) is 3.14. The number of likely N-dealkylation sites (tertiary alicyclic amines) is 1. The summed E-state index contributed by atoms with van der Waals surface area (Å²) in [7, 11) is 0. The largest absolute Gasteiger partial charge is 0.399 e. The van der Waals surface area contributed by atoms with Crippen molar-refractivity contribution in [2.45, 2.75) is 18.9 Å². The number of hydrogen-bond acceptors (Lipinski definition) is 4. The van der Waals surface area contributed by atoms with Gasteiger partial charge in [-0.2, -0.15) is 0 Å². The Morgan fingerprint density at radius 3 is 2.35 bits per heavy atom. The molecular formula is C12H17N3O2. The molecule has 0 saturated carbocycles. The molecule has 17 heavy (non-hydrogen) atoms. The fourth-order valence-corrected chi connectivity index (χ4v) is 2.01. The Kier molecular flexibility index (Phi) is 2.71. The molecule has 1 heterocycles. The fourth-order valence-electron chi connectivity index (χ4n) is 2.01. The van der Waals surface area contributed by atoms with Gasteiger partial charge in [-0.25, -0.2) is 0 Å². The first-order valence-electron chi connectivity index (χ1n) is 5.61. The molecule has 1 fully saturated rings. The second-order valence-corrected chi connectivity index (χ2v) is 4.63. The summed E-state index contributed by atoms with van der Waals surface area (Å²) in [4.78, 5) is 13.6. The van der Waals surface area contributed by atoms with E-state index in [4.69, 9.17) is 11.5 Å². The normalized spacial score (nSPS) is 17.6. The van der Waals surface area contributed by atoms with Gasteiger partial charge in [0.2, 0.25) is 0 Å². The molecule has 1 aromatic rings. The van der Waals surface area contributed by atoms with Gasteiger partial charge < -0.3 is 21.5 Å². The van der Waals surface area contributed by atoms with Crippen molar-refractivity contribution in [2.24, 2.45) is 0 Å². The minimum atomic E-state index is -0.721. The van der Waals surface area contributed by atoms with Gasteiger partial charge in [0, 0.05) is 16.9 Å². The van der Waals surface area contributed by atoms with Crippen molar-refractivity contribution < 1.29 is 9.90 Å². The Labute approximate surface area is 100 Å². The number of β-amino-alcohol motifs (C(OH)–C–C–N with tert-alkyl or cyclic N) is 1. The Hall–Kier alpha value is -1.75. The van der Waals surface area contributed by atoms with Crippen molar-refractivity contribution in [3.63, 3.8) is 0 Å². The number of benzene rings is 1. The zero-order valence-electron chi connectivity index (χ0n) is 9.81. The van der Waals surface area contributed by atoms with E-state index >= 15 is 0 Å². The highest BCUT2D eigenvalue weighted by Crippen LogP contribution is 2.26. The summed E-state index contributed by atoms with van der Waals surface area (Å²) in [6, 6.07) is 4.80. The molecule has 5 nitrogen and oxygen atoms in total. The van der Waals surface area contributed by atoms with Crippen molar-refractivity contribution >= 4 is 17.3 Å². The number of nitrogens with zero attached hydrogens (tertiary/aromatic N) is 1. The van der Waals surface area contributed by atoms with Gasteiger partial charge in [0.15, 0.2) is 0 Å². The van der Waals surface area contributed by atoms with Crippen LogP contribution in [0.4, 0.5) is 11.4 Å². The van der Waals surface area contributed by atoms with Crippen LogP contribution >= 0.6 is 0 Å². The first-order chi connectivity index (χ1) is 7.93. The number of amides is 1. The van der Waals surface area contributed by atoms with Gasteiger partial charge in [-0.15, -0.1) is 0 Å². The van der Waals surface area contributed by atoms with Gasteiger partial charge in [0.25, 0.3) is 5.91 Å². The first kappa shape index (κ1) is 11.7. The molecule has 0 unspecified atom stereocenters. The Morgan fingerprint density at radius 2 is 1.88 bits per heavy atom. The topological polar surface area (TPSA) is 92.6 Å². The fraction of sp³-hybridized carbons (Fsp3) is 0.417. The highest BCUT2D eigenvalue weighted by Gasteiger charge is 2.42. The molecule has 2 rings (SSSR count). The van der Waals surface area contributed by atoms with Gasteiger partial charge in [-0.05, 0) is 24.6 Å². The summed E-state index contributed by atoms with van der Waals surface area (Å²) in [5.41, 5.74) is 12.0.